The molecule has 168 valence electrons. The van der Waals surface area contributed by atoms with Crippen molar-refractivity contribution in [1.29, 1.82) is 0 Å². The average molecular weight is 485 g/mol. The molecule has 0 saturated carbocycles. The van der Waals surface area contributed by atoms with Crippen molar-refractivity contribution < 1.29 is 17.4 Å². The number of hydrogen-bond donors (Lipinski definition) is 1. The quantitative estimate of drug-likeness (QED) is 0.549. The van der Waals surface area contributed by atoms with E-state index in [-0.39, 0.29) is 30.6 Å². The maximum absolute atomic E-state index is 13.0. The van der Waals surface area contributed by atoms with Gasteiger partial charge in [0.25, 0.3) is 10.1 Å². The van der Waals surface area contributed by atoms with Crippen LogP contribution in [0.3, 0.4) is 0 Å². The number of benzene rings is 2. The summed E-state index contributed by atoms with van der Waals surface area (Å²) < 4.78 is 30.4. The molecule has 2 aromatic rings. The molecule has 1 amide bonds. The van der Waals surface area contributed by atoms with E-state index < -0.39 is 16.2 Å². The highest BCUT2D eigenvalue weighted by molar-refractivity contribution is 7.86. The summed E-state index contributed by atoms with van der Waals surface area (Å²) in [5, 5.41) is 3.96. The Morgan fingerprint density at radius 3 is 2.58 bits per heavy atom. The first-order valence-electron chi connectivity index (χ1n) is 10.1. The molecule has 0 spiro atoms. The number of amides is 1. The number of hydrogen-bond acceptors (Lipinski definition) is 5. The highest BCUT2D eigenvalue weighted by atomic mass is 35.5. The topological polar surface area (TPSA) is 75.7 Å². The van der Waals surface area contributed by atoms with Gasteiger partial charge in [0.2, 0.25) is 5.91 Å². The molecular weight excluding hydrogens is 459 g/mol. The van der Waals surface area contributed by atoms with E-state index in [9.17, 15) is 13.2 Å². The van der Waals surface area contributed by atoms with Crippen molar-refractivity contribution in [2.75, 3.05) is 32.5 Å². The lowest BCUT2D eigenvalue weighted by molar-refractivity contribution is -0.132. The Labute approximate surface area is 193 Å². The third kappa shape index (κ3) is 6.92. The standard InChI is InChI=1S/C22H26Cl2N2O4S/c1-26(22(27)12-16-7-8-19(23)20(24)11-16)21(18-5-3-2-4-6-18)14-30-31(28,29)15-17-9-10-25-13-17/h2-8,11,17,21,25H,9-10,12-15H2,1H3/t17-,21-/m1/s1. The van der Waals surface area contributed by atoms with Crippen LogP contribution in [0.2, 0.25) is 10.0 Å². The first-order valence-corrected chi connectivity index (χ1v) is 12.4. The Kier molecular flexibility index (Phi) is 8.36. The lowest BCUT2D eigenvalue weighted by Crippen LogP contribution is -2.36. The molecule has 0 radical (unpaired) electrons. The Balaban J connectivity index is 1.71. The van der Waals surface area contributed by atoms with Crippen molar-refractivity contribution in [3.63, 3.8) is 0 Å². The van der Waals surface area contributed by atoms with Gasteiger partial charge in [-0.25, -0.2) is 0 Å². The van der Waals surface area contributed by atoms with E-state index in [1.165, 1.54) is 4.90 Å². The predicted molar refractivity (Wildman–Crippen MR) is 123 cm³/mol. The van der Waals surface area contributed by atoms with E-state index >= 15 is 0 Å². The number of nitrogens with zero attached hydrogens (tertiary/aromatic N) is 1. The number of carbonyl (C=O) groups is 1. The summed E-state index contributed by atoms with van der Waals surface area (Å²) in [6.45, 7) is 1.35. The zero-order chi connectivity index (χ0) is 22.4. The molecule has 0 aliphatic carbocycles. The van der Waals surface area contributed by atoms with Gasteiger partial charge in [0.1, 0.15) is 0 Å². The summed E-state index contributed by atoms with van der Waals surface area (Å²) in [4.78, 5) is 14.5. The molecule has 1 N–H and O–H groups in total. The van der Waals surface area contributed by atoms with Crippen molar-refractivity contribution >= 4 is 39.2 Å². The fraction of sp³-hybridized carbons (Fsp3) is 0.409. The molecule has 1 aliphatic rings. The van der Waals surface area contributed by atoms with E-state index in [1.54, 1.807) is 25.2 Å². The second-order valence-corrected chi connectivity index (χ2v) is 10.2. The number of carbonyl (C=O) groups excluding carboxylic acids is 1. The molecule has 3 rings (SSSR count). The fourth-order valence-electron chi connectivity index (χ4n) is 3.59. The van der Waals surface area contributed by atoms with Crippen molar-refractivity contribution in [2.45, 2.75) is 18.9 Å². The zero-order valence-corrected chi connectivity index (χ0v) is 19.6. The Hall–Kier alpha value is -1.64. The monoisotopic (exact) mass is 484 g/mol. The lowest BCUT2D eigenvalue weighted by Gasteiger charge is -2.28. The molecule has 9 heteroatoms. The predicted octanol–water partition coefficient (Wildman–Crippen LogP) is 3.69. The smallest absolute Gasteiger partial charge is 0.267 e. The third-order valence-electron chi connectivity index (χ3n) is 5.39. The molecule has 2 aromatic carbocycles. The van der Waals surface area contributed by atoms with Crippen LogP contribution in [0.5, 0.6) is 0 Å². The summed E-state index contributed by atoms with van der Waals surface area (Å²) in [5.74, 6) is -0.162. The molecule has 1 aliphatic heterocycles. The number of nitrogens with one attached hydrogen (secondary N) is 1. The molecule has 1 saturated heterocycles. The van der Waals surface area contributed by atoms with Gasteiger partial charge in [-0.2, -0.15) is 8.42 Å². The summed E-state index contributed by atoms with van der Waals surface area (Å²) >= 11 is 12.0. The van der Waals surface area contributed by atoms with E-state index in [0.29, 0.717) is 16.6 Å². The maximum Gasteiger partial charge on any atom is 0.267 e. The molecule has 1 heterocycles. The van der Waals surface area contributed by atoms with E-state index in [2.05, 4.69) is 5.32 Å². The first-order chi connectivity index (χ1) is 14.7. The van der Waals surface area contributed by atoms with Crippen LogP contribution < -0.4 is 5.32 Å². The van der Waals surface area contributed by atoms with Crippen molar-refractivity contribution in [1.82, 2.24) is 10.2 Å². The lowest BCUT2D eigenvalue weighted by atomic mass is 10.1. The van der Waals surface area contributed by atoms with Gasteiger partial charge in [-0.05, 0) is 48.7 Å². The van der Waals surface area contributed by atoms with Crippen molar-refractivity contribution in [2.24, 2.45) is 5.92 Å². The highest BCUT2D eigenvalue weighted by Gasteiger charge is 2.27. The van der Waals surface area contributed by atoms with Gasteiger partial charge in [0.05, 0.1) is 34.9 Å². The van der Waals surface area contributed by atoms with E-state index in [4.69, 9.17) is 27.4 Å². The molecule has 6 nitrogen and oxygen atoms in total. The third-order valence-corrected chi connectivity index (χ3v) is 7.51. The average Bonchev–Trinajstić information content (AvgIpc) is 3.23. The highest BCUT2D eigenvalue weighted by Crippen LogP contribution is 2.25. The Bertz CT molecular complexity index is 996. The van der Waals surface area contributed by atoms with Gasteiger partial charge in [0.15, 0.2) is 0 Å². The molecular formula is C22H26Cl2N2O4S. The van der Waals surface area contributed by atoms with Crippen LogP contribution in [0.4, 0.5) is 0 Å². The van der Waals surface area contributed by atoms with Crippen LogP contribution in [0.15, 0.2) is 48.5 Å². The second kappa shape index (κ2) is 10.8. The molecule has 1 fully saturated rings. The van der Waals surface area contributed by atoms with Gasteiger partial charge in [-0.1, -0.05) is 59.6 Å². The summed E-state index contributed by atoms with van der Waals surface area (Å²) in [6, 6.07) is 13.8. The minimum absolute atomic E-state index is 0.0254. The van der Waals surface area contributed by atoms with Crippen LogP contribution in [0.25, 0.3) is 0 Å². The van der Waals surface area contributed by atoms with Gasteiger partial charge < -0.3 is 10.2 Å². The van der Waals surface area contributed by atoms with E-state index in [0.717, 1.165) is 24.1 Å². The number of halogens is 2. The van der Waals surface area contributed by atoms with Crippen LogP contribution in [0.1, 0.15) is 23.6 Å². The summed E-state index contributed by atoms with van der Waals surface area (Å²) in [6.07, 6.45) is 0.921. The first kappa shape index (κ1) is 24.0. The van der Waals surface area contributed by atoms with Crippen molar-refractivity contribution in [3.8, 4) is 0 Å². The number of rotatable bonds is 9. The zero-order valence-electron chi connectivity index (χ0n) is 17.3. The van der Waals surface area contributed by atoms with Gasteiger partial charge in [-0.3, -0.25) is 8.98 Å². The summed E-state index contributed by atoms with van der Waals surface area (Å²) in [5.41, 5.74) is 1.52. The van der Waals surface area contributed by atoms with Crippen LogP contribution in [-0.4, -0.2) is 51.7 Å². The fourth-order valence-corrected chi connectivity index (χ4v) is 5.21. The Morgan fingerprint density at radius 1 is 1.19 bits per heavy atom. The minimum Gasteiger partial charge on any atom is -0.336 e. The maximum atomic E-state index is 13.0. The van der Waals surface area contributed by atoms with Gasteiger partial charge >= 0.3 is 0 Å². The second-order valence-electron chi connectivity index (χ2n) is 7.72. The van der Waals surface area contributed by atoms with Crippen LogP contribution in [-0.2, 0) is 25.5 Å². The minimum atomic E-state index is -3.71. The van der Waals surface area contributed by atoms with Crippen molar-refractivity contribution in [3.05, 3.63) is 69.7 Å². The van der Waals surface area contributed by atoms with Gasteiger partial charge in [-0.15, -0.1) is 0 Å². The Morgan fingerprint density at radius 2 is 1.94 bits per heavy atom. The van der Waals surface area contributed by atoms with Crippen LogP contribution in [0, 0.1) is 5.92 Å². The summed E-state index contributed by atoms with van der Waals surface area (Å²) in [7, 11) is -2.06. The molecule has 31 heavy (non-hydrogen) atoms. The SMILES string of the molecule is CN(C(=O)Cc1ccc(Cl)c(Cl)c1)[C@H](COS(=O)(=O)C[C@@H]1CCNC1)c1ccccc1. The number of likely N-dealkylation sites (N-methyl/N-ethyl adjacent to an activating group) is 1. The van der Waals surface area contributed by atoms with E-state index in [1.807, 2.05) is 30.3 Å². The largest absolute Gasteiger partial charge is 0.336 e. The molecule has 0 bridgehead atoms. The van der Waals surface area contributed by atoms with Crippen LogP contribution >= 0.6 is 23.2 Å². The van der Waals surface area contributed by atoms with Gasteiger partial charge in [0, 0.05) is 7.05 Å². The molecule has 0 aromatic heterocycles. The molecule has 0 unspecified atom stereocenters. The molecule has 2 atom stereocenters. The normalized spacial score (nSPS) is 17.5.